The molecular weight excluding hydrogens is 524 g/mol. The number of sulfonamides is 1. The average Bonchev–Trinajstić information content (AvgIpc) is 2.86. The number of aliphatic carboxylic acids is 2. The van der Waals surface area contributed by atoms with E-state index >= 15 is 0 Å². The fraction of sp³-hybridized carbons (Fsp3) is 0.320. The molecule has 1 amide bonds. The normalized spacial score (nSPS) is 18.0. The van der Waals surface area contributed by atoms with Crippen LogP contribution in [-0.4, -0.2) is 78.5 Å². The summed E-state index contributed by atoms with van der Waals surface area (Å²) in [6, 6.07) is 13.4. The molecule has 0 radical (unpaired) electrons. The van der Waals surface area contributed by atoms with Gasteiger partial charge in [-0.25, -0.2) is 22.3 Å². The summed E-state index contributed by atoms with van der Waals surface area (Å²) in [6.07, 6.45) is 1.62. The van der Waals surface area contributed by atoms with Crippen molar-refractivity contribution >= 4 is 39.5 Å². The van der Waals surface area contributed by atoms with Gasteiger partial charge in [0.25, 0.3) is 5.91 Å². The zero-order chi connectivity index (χ0) is 27.0. The van der Waals surface area contributed by atoms with Gasteiger partial charge in [-0.15, -0.1) is 0 Å². The second-order valence-corrected chi connectivity index (χ2v) is 10.6. The summed E-state index contributed by atoms with van der Waals surface area (Å²) in [5, 5.41) is 16.2. The molecule has 2 heterocycles. The molecule has 12 heteroatoms. The maximum absolute atomic E-state index is 13.3. The average molecular weight is 551 g/mol. The predicted octanol–water partition coefficient (Wildman–Crippen LogP) is 2.80. The van der Waals surface area contributed by atoms with Crippen molar-refractivity contribution < 1.29 is 37.8 Å². The Balaban J connectivity index is 0.000000414. The summed E-state index contributed by atoms with van der Waals surface area (Å²) in [6.45, 7) is 3.62. The summed E-state index contributed by atoms with van der Waals surface area (Å²) >= 11 is 6.03. The van der Waals surface area contributed by atoms with Gasteiger partial charge in [-0.05, 0) is 35.7 Å². The molecule has 2 aliphatic heterocycles. The van der Waals surface area contributed by atoms with E-state index in [1.54, 1.807) is 48.5 Å². The molecule has 2 aliphatic rings. The van der Waals surface area contributed by atoms with Crippen LogP contribution in [0.3, 0.4) is 0 Å². The number of carbonyl (C=O) groups is 3. The molecule has 37 heavy (non-hydrogen) atoms. The van der Waals surface area contributed by atoms with E-state index < -0.39 is 33.9 Å². The van der Waals surface area contributed by atoms with Gasteiger partial charge in [0.15, 0.2) is 0 Å². The number of carboxylic acid groups (broad SMARTS) is 2. The maximum atomic E-state index is 13.3. The van der Waals surface area contributed by atoms with Gasteiger partial charge in [0, 0.05) is 42.4 Å². The van der Waals surface area contributed by atoms with Crippen molar-refractivity contribution in [2.45, 2.75) is 18.2 Å². The van der Waals surface area contributed by atoms with Crippen molar-refractivity contribution in [1.29, 1.82) is 0 Å². The smallest absolute Gasteiger partial charge is 0.328 e. The number of amides is 1. The topological polar surface area (TPSA) is 142 Å². The second-order valence-electron chi connectivity index (χ2n) is 8.33. The van der Waals surface area contributed by atoms with E-state index in [2.05, 4.69) is 4.90 Å². The Hall–Kier alpha value is -3.25. The lowest BCUT2D eigenvalue weighted by molar-refractivity contribution is -0.134. The summed E-state index contributed by atoms with van der Waals surface area (Å²) in [4.78, 5) is 34.6. The third-order valence-corrected chi connectivity index (χ3v) is 7.76. The van der Waals surface area contributed by atoms with Gasteiger partial charge in [0.05, 0.1) is 25.0 Å². The van der Waals surface area contributed by atoms with E-state index in [-0.39, 0.29) is 5.75 Å². The summed E-state index contributed by atoms with van der Waals surface area (Å²) in [7, 11) is -3.79. The number of nitrogens with zero attached hydrogens (tertiary/aromatic N) is 2. The third kappa shape index (κ3) is 7.86. The standard InChI is InChI=1S/C21H23ClN2O4S.C4H4O4/c22-18-7-5-16(6-8-18)20(9-10-23-11-13-28-14-12-23)24-21(25)19-4-2-1-3-17(19)15-29(24,26)27;5-3(6)1-2-4(7)8/h1-8,20H,9-15H2;1-2H,(H,5,6)(H,7,8). The van der Waals surface area contributed by atoms with Crippen LogP contribution in [0.25, 0.3) is 0 Å². The number of morpholine rings is 1. The number of halogens is 1. The van der Waals surface area contributed by atoms with Crippen LogP contribution in [0.4, 0.5) is 0 Å². The van der Waals surface area contributed by atoms with E-state index in [0.29, 0.717) is 54.5 Å². The van der Waals surface area contributed by atoms with Crippen molar-refractivity contribution in [2.75, 3.05) is 32.8 Å². The minimum Gasteiger partial charge on any atom is -0.478 e. The summed E-state index contributed by atoms with van der Waals surface area (Å²) in [5.41, 5.74) is 1.77. The predicted molar refractivity (Wildman–Crippen MR) is 136 cm³/mol. The summed E-state index contributed by atoms with van der Waals surface area (Å²) < 4.78 is 32.7. The Labute approximate surface area is 219 Å². The zero-order valence-electron chi connectivity index (χ0n) is 19.8. The highest BCUT2D eigenvalue weighted by molar-refractivity contribution is 7.89. The van der Waals surface area contributed by atoms with Gasteiger partial charge >= 0.3 is 11.9 Å². The number of hydrogen-bond acceptors (Lipinski definition) is 7. The molecule has 0 aromatic heterocycles. The monoisotopic (exact) mass is 550 g/mol. The van der Waals surface area contributed by atoms with E-state index in [1.165, 1.54) is 0 Å². The first-order chi connectivity index (χ1) is 17.6. The zero-order valence-corrected chi connectivity index (χ0v) is 21.4. The van der Waals surface area contributed by atoms with Crippen molar-refractivity contribution in [2.24, 2.45) is 0 Å². The number of rotatable bonds is 7. The first-order valence-electron chi connectivity index (χ1n) is 11.4. The molecule has 2 aromatic carbocycles. The van der Waals surface area contributed by atoms with Gasteiger partial charge in [0.1, 0.15) is 0 Å². The number of fused-ring (bicyclic) bond motifs is 1. The lowest BCUT2D eigenvalue weighted by atomic mass is 10.0. The Kier molecular flexibility index (Phi) is 9.81. The largest absolute Gasteiger partial charge is 0.478 e. The number of hydrogen-bond donors (Lipinski definition) is 2. The van der Waals surface area contributed by atoms with Gasteiger partial charge in [0.2, 0.25) is 10.0 Å². The van der Waals surface area contributed by atoms with Gasteiger partial charge in [-0.1, -0.05) is 41.9 Å². The molecule has 0 spiro atoms. The van der Waals surface area contributed by atoms with Crippen LogP contribution in [0.2, 0.25) is 5.02 Å². The molecule has 0 saturated carbocycles. The molecule has 1 unspecified atom stereocenters. The van der Waals surface area contributed by atoms with Crippen LogP contribution in [0.1, 0.15) is 33.9 Å². The van der Waals surface area contributed by atoms with E-state index in [4.69, 9.17) is 26.6 Å². The Morgan fingerprint density at radius 2 is 1.59 bits per heavy atom. The SMILES string of the molecule is O=C(O)C=CC(=O)O.O=C1c2ccccc2CS(=O)(=O)N1C(CCN1CCOCC1)c1ccc(Cl)cc1. The van der Waals surface area contributed by atoms with Crippen molar-refractivity contribution in [3.05, 3.63) is 82.4 Å². The molecule has 0 aliphatic carbocycles. The van der Waals surface area contributed by atoms with Crippen LogP contribution in [0.5, 0.6) is 0 Å². The molecule has 4 rings (SSSR count). The first-order valence-corrected chi connectivity index (χ1v) is 13.4. The molecule has 1 fully saturated rings. The minimum atomic E-state index is -3.79. The summed E-state index contributed by atoms with van der Waals surface area (Å²) in [5.74, 6) is -3.15. The molecule has 1 saturated heterocycles. The fourth-order valence-electron chi connectivity index (χ4n) is 4.08. The highest BCUT2D eigenvalue weighted by atomic mass is 35.5. The Morgan fingerprint density at radius 3 is 2.19 bits per heavy atom. The van der Waals surface area contributed by atoms with Crippen molar-refractivity contribution in [3.63, 3.8) is 0 Å². The first kappa shape index (κ1) is 28.3. The lowest BCUT2D eigenvalue weighted by Gasteiger charge is -2.36. The molecule has 2 aromatic rings. The lowest BCUT2D eigenvalue weighted by Crippen LogP contribution is -2.45. The number of ether oxygens (including phenoxy) is 1. The van der Waals surface area contributed by atoms with Crippen LogP contribution >= 0.6 is 11.6 Å². The van der Waals surface area contributed by atoms with Gasteiger partial charge in [-0.2, -0.15) is 0 Å². The van der Waals surface area contributed by atoms with Crippen LogP contribution in [0.15, 0.2) is 60.7 Å². The van der Waals surface area contributed by atoms with Crippen LogP contribution in [0, 0.1) is 0 Å². The van der Waals surface area contributed by atoms with E-state index in [0.717, 1.165) is 23.0 Å². The molecule has 0 bridgehead atoms. The molecule has 1 atom stereocenters. The van der Waals surface area contributed by atoms with E-state index in [9.17, 15) is 22.8 Å². The van der Waals surface area contributed by atoms with Crippen molar-refractivity contribution in [3.8, 4) is 0 Å². The maximum Gasteiger partial charge on any atom is 0.328 e. The molecule has 2 N–H and O–H groups in total. The second kappa shape index (κ2) is 12.8. The molecule has 198 valence electrons. The van der Waals surface area contributed by atoms with E-state index in [1.807, 2.05) is 0 Å². The number of carboxylic acids is 2. The fourth-order valence-corrected chi connectivity index (χ4v) is 5.95. The van der Waals surface area contributed by atoms with Crippen LogP contribution in [-0.2, 0) is 30.1 Å². The third-order valence-electron chi connectivity index (χ3n) is 5.81. The quantitative estimate of drug-likeness (QED) is 0.497. The van der Waals surface area contributed by atoms with Gasteiger partial charge < -0.3 is 14.9 Å². The Bertz CT molecular complexity index is 1240. The van der Waals surface area contributed by atoms with Crippen molar-refractivity contribution in [1.82, 2.24) is 9.21 Å². The van der Waals surface area contributed by atoms with Crippen LogP contribution < -0.4 is 0 Å². The highest BCUT2D eigenvalue weighted by Gasteiger charge is 2.41. The van der Waals surface area contributed by atoms with Gasteiger partial charge in [-0.3, -0.25) is 9.69 Å². The highest BCUT2D eigenvalue weighted by Crippen LogP contribution is 2.35. The minimum absolute atomic E-state index is 0.170. The number of benzene rings is 2. The number of carbonyl (C=O) groups excluding carboxylic acids is 1. The molecular formula is C25H27ClN2O8S. The molecule has 10 nitrogen and oxygen atoms in total. The Morgan fingerprint density at radius 1 is 1.00 bits per heavy atom.